The van der Waals surface area contributed by atoms with E-state index in [1.807, 2.05) is 0 Å². The summed E-state index contributed by atoms with van der Waals surface area (Å²) in [6, 6.07) is 0. The van der Waals surface area contributed by atoms with E-state index in [0.29, 0.717) is 0 Å². The highest BCUT2D eigenvalue weighted by Gasteiger charge is 2.84. The second-order valence-electron chi connectivity index (χ2n) is 3.42. The highest BCUT2D eigenvalue weighted by atomic mass is 35.6. The Morgan fingerprint density at radius 1 is 0.810 bits per heavy atom. The van der Waals surface area contributed by atoms with Crippen molar-refractivity contribution in [2.45, 2.75) is 30.3 Å². The molecule has 1 unspecified atom stereocenters. The van der Waals surface area contributed by atoms with E-state index >= 15 is 0 Å². The monoisotopic (exact) mass is 476 g/mol. The minimum absolute atomic E-state index is 2.95. The Morgan fingerprint density at radius 2 is 1.24 bits per heavy atom. The van der Waals surface area contributed by atoms with Crippen molar-refractivity contribution in [2.75, 3.05) is 0 Å². The molecule has 0 radical (unpaired) electrons. The van der Waals surface area contributed by atoms with E-state index in [0.717, 1.165) is 0 Å². The zero-order valence-corrected chi connectivity index (χ0v) is 14.8. The molecule has 0 aromatic carbocycles. The summed E-state index contributed by atoms with van der Waals surface area (Å²) in [7, 11) is 0. The Morgan fingerprint density at radius 3 is 1.52 bits per heavy atom. The summed E-state index contributed by atoms with van der Waals surface area (Å²) in [5.74, 6) is -5.51. The summed E-state index contributed by atoms with van der Waals surface area (Å²) < 4.78 is 57.2. The van der Waals surface area contributed by atoms with Gasteiger partial charge in [0.2, 0.25) is 0 Å². The van der Waals surface area contributed by atoms with Gasteiger partial charge in [-0.15, -0.1) is 0 Å². The summed E-state index contributed by atoms with van der Waals surface area (Å²) in [6.07, 6.45) is -5.52. The van der Waals surface area contributed by atoms with Gasteiger partial charge in [-0.2, -0.15) is 17.6 Å². The van der Waals surface area contributed by atoms with E-state index in [1.54, 1.807) is 0 Å². The van der Waals surface area contributed by atoms with Crippen LogP contribution in [0.3, 0.4) is 0 Å². The molecular formula is C6Cl8F4O3. The third kappa shape index (κ3) is 3.95. The molecule has 15 heteroatoms. The first-order chi connectivity index (χ1) is 8.87. The summed E-state index contributed by atoms with van der Waals surface area (Å²) >= 11 is 40.8. The Labute approximate surface area is 154 Å². The molecular weight excluding hydrogens is 480 g/mol. The third-order valence-electron chi connectivity index (χ3n) is 1.89. The van der Waals surface area contributed by atoms with Crippen molar-refractivity contribution >= 4 is 92.8 Å². The van der Waals surface area contributed by atoms with Gasteiger partial charge in [-0.25, -0.2) is 0 Å². The van der Waals surface area contributed by atoms with Crippen molar-refractivity contribution in [1.29, 1.82) is 0 Å². The molecule has 0 saturated carbocycles. The Bertz CT molecular complexity index is 427. The van der Waals surface area contributed by atoms with Crippen molar-refractivity contribution < 1.29 is 31.8 Å². The summed E-state index contributed by atoms with van der Waals surface area (Å²) in [5, 5.41) is -3.99. The maximum Gasteiger partial charge on any atom is 0.427 e. The number of alkyl halides is 12. The van der Waals surface area contributed by atoms with Gasteiger partial charge in [0, 0.05) is 0 Å². The first-order valence-corrected chi connectivity index (χ1v) is 7.27. The lowest BCUT2D eigenvalue weighted by atomic mass is 10.1. The van der Waals surface area contributed by atoms with Gasteiger partial charge in [0.15, 0.2) is 0 Å². The highest BCUT2D eigenvalue weighted by molar-refractivity contribution is 6.66. The average Bonchev–Trinajstić information content (AvgIpc) is 2.26. The maximum atomic E-state index is 14.0. The lowest BCUT2D eigenvalue weighted by Crippen LogP contribution is -2.63. The van der Waals surface area contributed by atoms with Crippen LogP contribution < -0.4 is 0 Å². The van der Waals surface area contributed by atoms with Gasteiger partial charge < -0.3 is 0 Å². The van der Waals surface area contributed by atoms with E-state index in [-0.39, 0.29) is 0 Å². The van der Waals surface area contributed by atoms with Crippen molar-refractivity contribution in [3.05, 3.63) is 0 Å². The van der Waals surface area contributed by atoms with Gasteiger partial charge in [0.25, 0.3) is 9.58 Å². The fraction of sp³-hybridized carbons (Fsp3) is 1.00. The zero-order valence-electron chi connectivity index (χ0n) is 8.76. The lowest BCUT2D eigenvalue weighted by molar-refractivity contribution is -0.380. The van der Waals surface area contributed by atoms with E-state index in [1.165, 1.54) is 0 Å². The topological polar surface area (TPSA) is 27.7 Å². The van der Waals surface area contributed by atoms with Crippen LogP contribution in [0.1, 0.15) is 0 Å². The quantitative estimate of drug-likeness (QED) is 0.380. The van der Waals surface area contributed by atoms with E-state index in [4.69, 9.17) is 92.8 Å². The van der Waals surface area contributed by atoms with Crippen LogP contribution in [0, 0.1) is 0 Å². The minimum atomic E-state index is -5.52. The van der Waals surface area contributed by atoms with Gasteiger partial charge in [-0.3, -0.25) is 14.2 Å². The molecule has 0 amide bonds. The molecule has 0 aliphatic carbocycles. The standard InChI is InChI=1S/C6Cl8F4O3/c7-1(3(8,9)20-6(13,14)19-1)2(15,16)4(17,18)21-5(10,11)12. The summed E-state index contributed by atoms with van der Waals surface area (Å²) in [4.78, 5) is 0. The van der Waals surface area contributed by atoms with Gasteiger partial charge in [-0.1, -0.05) is 69.6 Å². The summed E-state index contributed by atoms with van der Waals surface area (Å²) in [6.45, 7) is 0. The molecule has 1 fully saturated rings. The van der Waals surface area contributed by atoms with E-state index < -0.39 is 30.3 Å². The third-order valence-corrected chi connectivity index (χ3v) is 3.89. The van der Waals surface area contributed by atoms with Crippen molar-refractivity contribution in [2.24, 2.45) is 0 Å². The molecule has 1 atom stereocenters. The molecule has 0 bridgehead atoms. The maximum absolute atomic E-state index is 14.0. The van der Waals surface area contributed by atoms with Crippen LogP contribution in [-0.4, -0.2) is 30.3 Å². The number of hydrogen-bond donors (Lipinski definition) is 0. The fourth-order valence-corrected chi connectivity index (χ4v) is 2.88. The molecule has 126 valence electrons. The molecule has 1 saturated heterocycles. The van der Waals surface area contributed by atoms with E-state index in [2.05, 4.69) is 14.2 Å². The predicted molar refractivity (Wildman–Crippen MR) is 70.9 cm³/mol. The van der Waals surface area contributed by atoms with Crippen LogP contribution in [0.2, 0.25) is 0 Å². The fourth-order valence-electron chi connectivity index (χ4n) is 1.10. The van der Waals surface area contributed by atoms with Crippen LogP contribution in [0.4, 0.5) is 17.6 Å². The second kappa shape index (κ2) is 5.73. The highest BCUT2D eigenvalue weighted by Crippen LogP contribution is 2.64. The van der Waals surface area contributed by atoms with Crippen LogP contribution >= 0.6 is 92.8 Å². The van der Waals surface area contributed by atoms with Crippen molar-refractivity contribution in [3.8, 4) is 0 Å². The first kappa shape index (κ1) is 21.0. The second-order valence-corrected chi connectivity index (χ2v) is 8.57. The molecule has 21 heavy (non-hydrogen) atoms. The van der Waals surface area contributed by atoms with Crippen LogP contribution in [0.25, 0.3) is 0 Å². The van der Waals surface area contributed by atoms with Gasteiger partial charge >= 0.3 is 20.7 Å². The molecule has 3 nitrogen and oxygen atoms in total. The number of ether oxygens (including phenoxy) is 3. The zero-order chi connectivity index (χ0) is 17.1. The molecule has 0 spiro atoms. The SMILES string of the molecule is FC(F)(OC(Cl)(Cl)Cl)C(F)(F)C1(Cl)OC(Cl)(Cl)OC1(Cl)Cl. The lowest BCUT2D eigenvalue weighted by Gasteiger charge is -2.38. The first-order valence-electron chi connectivity index (χ1n) is 4.24. The average molecular weight is 480 g/mol. The van der Waals surface area contributed by atoms with Gasteiger partial charge in [0.1, 0.15) is 0 Å². The molecule has 1 rings (SSSR count). The Balaban J connectivity index is 3.28. The number of hydrogen-bond acceptors (Lipinski definition) is 3. The normalized spacial score (nSPS) is 29.7. The predicted octanol–water partition coefficient (Wildman–Crippen LogP) is 5.76. The van der Waals surface area contributed by atoms with Crippen molar-refractivity contribution in [1.82, 2.24) is 0 Å². The number of rotatable bonds is 3. The smallest absolute Gasteiger partial charge is 0.289 e. The van der Waals surface area contributed by atoms with Crippen LogP contribution in [0.5, 0.6) is 0 Å². The van der Waals surface area contributed by atoms with Gasteiger partial charge in [-0.05, 0) is 23.2 Å². The molecule has 0 aromatic heterocycles. The van der Waals surface area contributed by atoms with E-state index in [9.17, 15) is 17.6 Å². The summed E-state index contributed by atoms with van der Waals surface area (Å²) in [5.41, 5.74) is 0. The van der Waals surface area contributed by atoms with Crippen molar-refractivity contribution in [3.63, 3.8) is 0 Å². The molecule has 1 aliphatic heterocycles. The molecule has 1 aliphatic rings. The Hall–Kier alpha value is 1.92. The molecule has 0 N–H and O–H groups in total. The minimum Gasteiger partial charge on any atom is -0.289 e. The van der Waals surface area contributed by atoms with Gasteiger partial charge in [0.05, 0.1) is 0 Å². The molecule has 0 aromatic rings. The number of halogens is 12. The Kier molecular flexibility index (Phi) is 5.72. The van der Waals surface area contributed by atoms with Crippen LogP contribution in [-0.2, 0) is 14.2 Å². The molecule has 1 heterocycles. The van der Waals surface area contributed by atoms with Crippen LogP contribution in [0.15, 0.2) is 0 Å². The largest absolute Gasteiger partial charge is 0.427 e.